The predicted molar refractivity (Wildman–Crippen MR) is 95.9 cm³/mol. The van der Waals surface area contributed by atoms with E-state index in [0.29, 0.717) is 22.7 Å². The number of carbonyl (C=O) groups is 1. The van der Waals surface area contributed by atoms with E-state index in [-0.39, 0.29) is 11.8 Å². The summed E-state index contributed by atoms with van der Waals surface area (Å²) in [6, 6.07) is 3.58. The largest absolute Gasteiger partial charge is 0.335 e. The van der Waals surface area contributed by atoms with Gasteiger partial charge in [0.15, 0.2) is 9.84 Å². The first-order valence-corrected chi connectivity index (χ1v) is 11.3. The lowest BCUT2D eigenvalue weighted by Crippen LogP contribution is -2.37. The van der Waals surface area contributed by atoms with Crippen LogP contribution in [0.1, 0.15) is 50.3 Å². The molecule has 2 amide bonds. The minimum atomic E-state index is -3.15. The number of amides is 2. The zero-order chi connectivity index (χ0) is 17.2. The number of hydrogen-bond acceptors (Lipinski definition) is 4. The van der Waals surface area contributed by atoms with Crippen LogP contribution in [0.3, 0.4) is 0 Å². The zero-order valence-electron chi connectivity index (χ0n) is 14.1. The van der Waals surface area contributed by atoms with Gasteiger partial charge < -0.3 is 10.6 Å². The molecular weight excluding hydrogens is 344 g/mol. The van der Waals surface area contributed by atoms with Crippen molar-refractivity contribution < 1.29 is 13.2 Å². The molecule has 2 aliphatic carbocycles. The minimum absolute atomic E-state index is 0.102. The highest BCUT2D eigenvalue weighted by Crippen LogP contribution is 2.44. The van der Waals surface area contributed by atoms with Crippen LogP contribution in [0.15, 0.2) is 16.3 Å². The molecule has 2 N–H and O–H groups in total. The molecule has 2 atom stereocenters. The molecule has 2 fully saturated rings. The minimum Gasteiger partial charge on any atom is -0.335 e. The Morgan fingerprint density at radius 1 is 1.25 bits per heavy atom. The first-order chi connectivity index (χ1) is 11.5. The normalized spacial score (nSPS) is 24.5. The smallest absolute Gasteiger partial charge is 0.315 e. The van der Waals surface area contributed by atoms with Crippen LogP contribution in [0.5, 0.6) is 0 Å². The molecule has 0 saturated heterocycles. The van der Waals surface area contributed by atoms with E-state index in [1.807, 2.05) is 0 Å². The predicted octanol–water partition coefficient (Wildman–Crippen LogP) is 3.31. The van der Waals surface area contributed by atoms with Gasteiger partial charge in [-0.25, -0.2) is 13.2 Å². The third kappa shape index (κ3) is 4.30. The van der Waals surface area contributed by atoms with Gasteiger partial charge in [-0.15, -0.1) is 11.3 Å². The Balaban J connectivity index is 1.42. The fourth-order valence-corrected chi connectivity index (χ4v) is 6.03. The average Bonchev–Trinajstić information content (AvgIpc) is 3.17. The topological polar surface area (TPSA) is 75.3 Å². The highest BCUT2D eigenvalue weighted by atomic mass is 32.2. The van der Waals surface area contributed by atoms with Gasteiger partial charge >= 0.3 is 6.03 Å². The van der Waals surface area contributed by atoms with E-state index < -0.39 is 9.84 Å². The average molecular weight is 371 g/mol. The molecule has 7 heteroatoms. The molecule has 1 aromatic heterocycles. The zero-order valence-corrected chi connectivity index (χ0v) is 15.7. The highest BCUT2D eigenvalue weighted by molar-refractivity contribution is 7.93. The lowest BCUT2D eigenvalue weighted by atomic mass is 9.85. The second kappa shape index (κ2) is 7.44. The summed E-state index contributed by atoms with van der Waals surface area (Å²) < 4.78 is 24.0. The number of rotatable bonds is 6. The summed E-state index contributed by atoms with van der Waals surface area (Å²) in [4.78, 5) is 12.9. The van der Waals surface area contributed by atoms with Crippen molar-refractivity contribution in [3.8, 4) is 0 Å². The summed E-state index contributed by atoms with van der Waals surface area (Å²) in [6.45, 7) is 2.01. The van der Waals surface area contributed by atoms with Crippen LogP contribution in [-0.4, -0.2) is 26.2 Å². The van der Waals surface area contributed by atoms with Crippen molar-refractivity contribution in [3.05, 3.63) is 17.0 Å². The summed E-state index contributed by atoms with van der Waals surface area (Å²) >= 11 is 1.23. The van der Waals surface area contributed by atoms with Crippen molar-refractivity contribution in [2.45, 2.75) is 62.2 Å². The summed E-state index contributed by atoms with van der Waals surface area (Å²) in [7, 11) is -3.15. The van der Waals surface area contributed by atoms with Gasteiger partial charge in [-0.05, 0) is 30.4 Å². The highest BCUT2D eigenvalue weighted by Gasteiger charge is 2.43. The quantitative estimate of drug-likeness (QED) is 0.807. The Hall–Kier alpha value is -1.08. The summed E-state index contributed by atoms with van der Waals surface area (Å²) in [5, 5.41) is 5.90. The number of sulfone groups is 1. The van der Waals surface area contributed by atoms with Gasteiger partial charge in [0.1, 0.15) is 4.21 Å². The second-order valence-electron chi connectivity index (χ2n) is 6.86. The number of hydrogen-bond donors (Lipinski definition) is 2. The van der Waals surface area contributed by atoms with E-state index in [9.17, 15) is 13.2 Å². The number of thiophene rings is 1. The molecule has 0 unspecified atom stereocenters. The molecule has 2 aliphatic rings. The third-order valence-corrected chi connectivity index (χ3v) is 8.56. The molecule has 0 radical (unpaired) electrons. The van der Waals surface area contributed by atoms with Crippen molar-refractivity contribution in [1.29, 1.82) is 0 Å². The van der Waals surface area contributed by atoms with Crippen LogP contribution in [0.25, 0.3) is 0 Å². The van der Waals surface area contributed by atoms with Crippen LogP contribution in [-0.2, 0) is 16.4 Å². The maximum absolute atomic E-state index is 12.0. The monoisotopic (exact) mass is 370 g/mol. The van der Waals surface area contributed by atoms with Crippen molar-refractivity contribution >= 4 is 27.2 Å². The molecule has 5 nitrogen and oxygen atoms in total. The van der Waals surface area contributed by atoms with Gasteiger partial charge in [0.25, 0.3) is 0 Å². The number of carbonyl (C=O) groups excluding carboxylic acids is 1. The summed E-state index contributed by atoms with van der Waals surface area (Å²) in [5.74, 6) is 1.56. The molecule has 1 heterocycles. The van der Waals surface area contributed by atoms with Gasteiger partial charge in [0.05, 0.1) is 12.3 Å². The molecule has 24 heavy (non-hydrogen) atoms. The van der Waals surface area contributed by atoms with Crippen LogP contribution >= 0.6 is 11.3 Å². The molecule has 2 saturated carbocycles. The molecule has 3 rings (SSSR count). The molecule has 0 aromatic carbocycles. The summed E-state index contributed by atoms with van der Waals surface area (Å²) in [6.07, 6.45) is 7.76. The van der Waals surface area contributed by atoms with Gasteiger partial charge in [-0.1, -0.05) is 39.0 Å². The van der Waals surface area contributed by atoms with Crippen LogP contribution < -0.4 is 10.6 Å². The molecule has 0 spiro atoms. The van der Waals surface area contributed by atoms with E-state index in [2.05, 4.69) is 10.6 Å². The fourth-order valence-electron chi connectivity index (χ4n) is 3.61. The van der Waals surface area contributed by atoms with Gasteiger partial charge in [0.2, 0.25) is 0 Å². The van der Waals surface area contributed by atoms with Crippen molar-refractivity contribution in [3.63, 3.8) is 0 Å². The van der Waals surface area contributed by atoms with Gasteiger partial charge in [-0.3, -0.25) is 0 Å². The van der Waals surface area contributed by atoms with Crippen molar-refractivity contribution in [2.24, 2.45) is 11.8 Å². The van der Waals surface area contributed by atoms with E-state index in [4.69, 9.17) is 0 Å². The maximum Gasteiger partial charge on any atom is 0.315 e. The summed E-state index contributed by atoms with van der Waals surface area (Å²) in [5.41, 5.74) is 0. The van der Waals surface area contributed by atoms with E-state index in [1.54, 1.807) is 19.1 Å². The molecule has 1 aromatic rings. The standard InChI is InChI=1S/C17H26N2O3S2/c1-2-24(21,22)16-9-8-13(23-16)11-18-17(20)19-15-10-14(15)12-6-4-3-5-7-12/h8-9,12,14-15H,2-7,10-11H2,1H3,(H2,18,19,20)/t14-,15+/m0/s1. The SMILES string of the molecule is CCS(=O)(=O)c1ccc(CNC(=O)N[C@@H]2C[C@H]2C2CCCCC2)s1. The van der Waals surface area contributed by atoms with Crippen LogP contribution in [0.2, 0.25) is 0 Å². The molecule has 0 bridgehead atoms. The Morgan fingerprint density at radius 2 is 2.00 bits per heavy atom. The molecule has 0 aliphatic heterocycles. The lowest BCUT2D eigenvalue weighted by Gasteiger charge is -2.21. The Bertz CT molecular complexity index is 678. The van der Waals surface area contributed by atoms with E-state index in [0.717, 1.165) is 17.2 Å². The van der Waals surface area contributed by atoms with E-state index in [1.165, 1.54) is 43.4 Å². The first kappa shape index (κ1) is 17.7. The number of nitrogens with one attached hydrogen (secondary N) is 2. The number of urea groups is 1. The molecular formula is C17H26N2O3S2. The fraction of sp³-hybridized carbons (Fsp3) is 0.706. The van der Waals surface area contributed by atoms with Crippen molar-refractivity contribution in [2.75, 3.05) is 5.75 Å². The van der Waals surface area contributed by atoms with Crippen LogP contribution in [0, 0.1) is 11.8 Å². The Kier molecular flexibility index (Phi) is 5.49. The Morgan fingerprint density at radius 3 is 2.71 bits per heavy atom. The Labute approximate surface area is 148 Å². The lowest BCUT2D eigenvalue weighted by molar-refractivity contribution is 0.238. The van der Waals surface area contributed by atoms with Gasteiger partial charge in [0, 0.05) is 10.9 Å². The first-order valence-electron chi connectivity index (χ1n) is 8.85. The second-order valence-corrected chi connectivity index (χ2v) is 10.5. The maximum atomic E-state index is 12.0. The third-order valence-electron chi connectivity index (χ3n) is 5.16. The van der Waals surface area contributed by atoms with Crippen molar-refractivity contribution in [1.82, 2.24) is 10.6 Å². The van der Waals surface area contributed by atoms with Gasteiger partial charge in [-0.2, -0.15) is 0 Å². The van der Waals surface area contributed by atoms with Crippen LogP contribution in [0.4, 0.5) is 4.79 Å². The van der Waals surface area contributed by atoms with E-state index >= 15 is 0 Å². The molecule has 134 valence electrons.